The SMILES string of the molecule is C[C@H]1C[C@@H](C(=O)N2CCn3c2nc2ccccc23)CCN1. The number of carbonyl (C=O) groups is 1. The van der Waals surface area contributed by atoms with E-state index in [1.54, 1.807) is 0 Å². The van der Waals surface area contributed by atoms with Gasteiger partial charge in [0.15, 0.2) is 0 Å². The highest BCUT2D eigenvalue weighted by Crippen LogP contribution is 2.30. The van der Waals surface area contributed by atoms with Gasteiger partial charge in [0, 0.05) is 25.0 Å². The van der Waals surface area contributed by atoms with Crippen molar-refractivity contribution in [1.82, 2.24) is 14.9 Å². The maximum absolute atomic E-state index is 12.8. The van der Waals surface area contributed by atoms with Crippen molar-refractivity contribution in [3.63, 3.8) is 0 Å². The van der Waals surface area contributed by atoms with Gasteiger partial charge in [0.1, 0.15) is 0 Å². The van der Waals surface area contributed by atoms with E-state index < -0.39 is 0 Å². The summed E-state index contributed by atoms with van der Waals surface area (Å²) in [5.41, 5.74) is 2.10. The molecule has 1 saturated heterocycles. The molecule has 0 unspecified atom stereocenters. The first-order valence-electron chi connectivity index (χ1n) is 7.74. The molecule has 5 nitrogen and oxygen atoms in total. The van der Waals surface area contributed by atoms with Crippen molar-refractivity contribution in [3.05, 3.63) is 24.3 Å². The molecular formula is C16H20N4O. The second kappa shape index (κ2) is 4.84. The Morgan fingerprint density at radius 1 is 1.33 bits per heavy atom. The fourth-order valence-corrected chi connectivity index (χ4v) is 3.57. The van der Waals surface area contributed by atoms with Crippen molar-refractivity contribution in [3.8, 4) is 0 Å². The van der Waals surface area contributed by atoms with Gasteiger partial charge in [-0.1, -0.05) is 12.1 Å². The second-order valence-corrected chi connectivity index (χ2v) is 6.12. The van der Waals surface area contributed by atoms with Gasteiger partial charge < -0.3 is 9.88 Å². The summed E-state index contributed by atoms with van der Waals surface area (Å²) in [6.45, 7) is 4.69. The number of carbonyl (C=O) groups excluding carboxylic acids is 1. The number of imidazole rings is 1. The number of hydrogen-bond donors (Lipinski definition) is 1. The maximum atomic E-state index is 12.8. The van der Waals surface area contributed by atoms with Crippen LogP contribution in [0.5, 0.6) is 0 Å². The highest BCUT2D eigenvalue weighted by Gasteiger charge is 2.34. The Morgan fingerprint density at radius 2 is 2.19 bits per heavy atom. The van der Waals surface area contributed by atoms with Crippen LogP contribution >= 0.6 is 0 Å². The van der Waals surface area contributed by atoms with Crippen LogP contribution in [-0.2, 0) is 11.3 Å². The van der Waals surface area contributed by atoms with E-state index in [9.17, 15) is 4.79 Å². The summed E-state index contributed by atoms with van der Waals surface area (Å²) in [5, 5.41) is 3.41. The first kappa shape index (κ1) is 12.8. The smallest absolute Gasteiger partial charge is 0.232 e. The van der Waals surface area contributed by atoms with Crippen LogP contribution in [0, 0.1) is 5.92 Å². The fourth-order valence-electron chi connectivity index (χ4n) is 3.57. The molecule has 0 bridgehead atoms. The molecule has 0 spiro atoms. The minimum Gasteiger partial charge on any atom is -0.314 e. The first-order valence-corrected chi connectivity index (χ1v) is 7.74. The Balaban J connectivity index is 1.65. The number of hydrogen-bond acceptors (Lipinski definition) is 3. The zero-order valence-electron chi connectivity index (χ0n) is 12.2. The standard InChI is InChI=1S/C16H20N4O/c1-11-10-12(6-7-17-11)15(21)20-9-8-19-14-5-3-2-4-13(14)18-16(19)20/h2-5,11-12,17H,6-10H2,1H3/t11-,12-/m0/s1. The third kappa shape index (κ3) is 2.03. The normalized spacial score (nSPS) is 25.3. The number of nitrogens with one attached hydrogen (secondary N) is 1. The highest BCUT2D eigenvalue weighted by molar-refractivity contribution is 5.96. The number of amides is 1. The zero-order valence-corrected chi connectivity index (χ0v) is 12.2. The molecule has 2 aliphatic heterocycles. The van der Waals surface area contributed by atoms with Crippen molar-refractivity contribution in [2.24, 2.45) is 5.92 Å². The van der Waals surface area contributed by atoms with Crippen LogP contribution in [0.1, 0.15) is 19.8 Å². The number of piperidine rings is 1. The molecule has 1 aromatic carbocycles. The minimum atomic E-state index is 0.132. The van der Waals surface area contributed by atoms with E-state index in [2.05, 4.69) is 27.9 Å². The van der Waals surface area contributed by atoms with Crippen molar-refractivity contribution in [2.45, 2.75) is 32.4 Å². The molecule has 2 aromatic rings. The van der Waals surface area contributed by atoms with E-state index in [1.807, 2.05) is 23.1 Å². The van der Waals surface area contributed by atoms with Crippen molar-refractivity contribution < 1.29 is 4.79 Å². The Hall–Kier alpha value is -1.88. The van der Waals surface area contributed by atoms with Crippen LogP contribution in [0.3, 0.4) is 0 Å². The quantitative estimate of drug-likeness (QED) is 0.868. The predicted molar refractivity (Wildman–Crippen MR) is 82.3 cm³/mol. The fraction of sp³-hybridized carbons (Fsp3) is 0.500. The van der Waals surface area contributed by atoms with E-state index in [1.165, 1.54) is 0 Å². The van der Waals surface area contributed by atoms with Gasteiger partial charge in [-0.25, -0.2) is 4.98 Å². The molecule has 0 saturated carbocycles. The van der Waals surface area contributed by atoms with Gasteiger partial charge in [0.25, 0.3) is 0 Å². The van der Waals surface area contributed by atoms with Gasteiger partial charge in [0.2, 0.25) is 11.9 Å². The lowest BCUT2D eigenvalue weighted by molar-refractivity contribution is -0.123. The Morgan fingerprint density at radius 3 is 3.05 bits per heavy atom. The first-order chi connectivity index (χ1) is 10.2. The van der Waals surface area contributed by atoms with E-state index in [0.717, 1.165) is 49.5 Å². The number of benzene rings is 1. The number of anilines is 1. The van der Waals surface area contributed by atoms with E-state index in [0.29, 0.717) is 6.04 Å². The van der Waals surface area contributed by atoms with Gasteiger partial charge >= 0.3 is 0 Å². The molecule has 110 valence electrons. The lowest BCUT2D eigenvalue weighted by Crippen LogP contribution is -2.44. The largest absolute Gasteiger partial charge is 0.314 e. The monoisotopic (exact) mass is 284 g/mol. The van der Waals surface area contributed by atoms with Crippen LogP contribution < -0.4 is 10.2 Å². The molecule has 3 heterocycles. The van der Waals surface area contributed by atoms with E-state index in [4.69, 9.17) is 0 Å². The Labute approximate surface area is 123 Å². The van der Waals surface area contributed by atoms with Crippen molar-refractivity contribution in [2.75, 3.05) is 18.0 Å². The topological polar surface area (TPSA) is 50.2 Å². The van der Waals surface area contributed by atoms with E-state index in [-0.39, 0.29) is 11.8 Å². The Kier molecular flexibility index (Phi) is 2.96. The van der Waals surface area contributed by atoms with Gasteiger partial charge in [-0.3, -0.25) is 9.69 Å². The molecule has 4 rings (SSSR count). The number of nitrogens with zero attached hydrogens (tertiary/aromatic N) is 3. The van der Waals surface area contributed by atoms with E-state index >= 15 is 0 Å². The average Bonchev–Trinajstić information content (AvgIpc) is 3.05. The summed E-state index contributed by atoms with van der Waals surface area (Å²) in [7, 11) is 0. The van der Waals surface area contributed by atoms with Gasteiger partial charge in [-0.15, -0.1) is 0 Å². The number of fused-ring (bicyclic) bond motifs is 3. The molecular weight excluding hydrogens is 264 g/mol. The number of rotatable bonds is 1. The third-order valence-corrected chi connectivity index (χ3v) is 4.66. The lowest BCUT2D eigenvalue weighted by atomic mass is 9.92. The van der Waals surface area contributed by atoms with Crippen LogP contribution in [0.25, 0.3) is 11.0 Å². The summed E-state index contributed by atoms with van der Waals surface area (Å²) < 4.78 is 2.16. The molecule has 5 heteroatoms. The molecule has 0 radical (unpaired) electrons. The summed E-state index contributed by atoms with van der Waals surface area (Å²) in [6.07, 6.45) is 1.86. The summed E-state index contributed by atoms with van der Waals surface area (Å²) in [5.74, 6) is 1.21. The van der Waals surface area contributed by atoms with Crippen LogP contribution in [0.15, 0.2) is 24.3 Å². The van der Waals surface area contributed by atoms with Crippen LogP contribution in [-0.4, -0.2) is 34.6 Å². The number of aromatic nitrogens is 2. The summed E-state index contributed by atoms with van der Waals surface area (Å²) in [4.78, 5) is 19.4. The molecule has 1 amide bonds. The maximum Gasteiger partial charge on any atom is 0.232 e. The van der Waals surface area contributed by atoms with Crippen molar-refractivity contribution >= 4 is 22.9 Å². The van der Waals surface area contributed by atoms with Crippen molar-refractivity contribution in [1.29, 1.82) is 0 Å². The molecule has 1 fully saturated rings. The van der Waals surface area contributed by atoms with Crippen LogP contribution in [0.2, 0.25) is 0 Å². The lowest BCUT2D eigenvalue weighted by Gasteiger charge is -2.29. The third-order valence-electron chi connectivity index (χ3n) is 4.66. The summed E-state index contributed by atoms with van der Waals surface area (Å²) in [6, 6.07) is 8.53. The predicted octanol–water partition coefficient (Wildman–Crippen LogP) is 1.77. The Bertz CT molecular complexity index is 693. The molecule has 0 aliphatic carbocycles. The molecule has 2 atom stereocenters. The molecule has 21 heavy (non-hydrogen) atoms. The highest BCUT2D eigenvalue weighted by atomic mass is 16.2. The molecule has 1 aromatic heterocycles. The van der Waals surface area contributed by atoms with Gasteiger partial charge in [0.05, 0.1) is 11.0 Å². The summed E-state index contributed by atoms with van der Waals surface area (Å²) >= 11 is 0. The van der Waals surface area contributed by atoms with Gasteiger partial charge in [-0.2, -0.15) is 0 Å². The minimum absolute atomic E-state index is 0.132. The number of para-hydroxylation sites is 2. The molecule has 2 aliphatic rings. The van der Waals surface area contributed by atoms with Gasteiger partial charge in [-0.05, 0) is 38.4 Å². The van der Waals surface area contributed by atoms with Crippen LogP contribution in [0.4, 0.5) is 5.95 Å². The molecule has 1 N–H and O–H groups in total. The second-order valence-electron chi connectivity index (χ2n) is 6.12. The average molecular weight is 284 g/mol. The zero-order chi connectivity index (χ0) is 14.4.